The summed E-state index contributed by atoms with van der Waals surface area (Å²) in [6, 6.07) is 21.9. The molecule has 3 aromatic carbocycles. The number of allylic oxidation sites excluding steroid dienone is 2. The molecule has 1 radical (unpaired) electrons. The molecule has 0 bridgehead atoms. The van der Waals surface area contributed by atoms with Crippen molar-refractivity contribution in [3.05, 3.63) is 118 Å². The molecular weight excluding hydrogens is 575 g/mol. The van der Waals surface area contributed by atoms with E-state index in [0.717, 1.165) is 22.8 Å². The molecule has 0 heterocycles. The molecule has 0 fully saturated rings. The second-order valence-corrected chi connectivity index (χ2v) is 14.0. The summed E-state index contributed by atoms with van der Waals surface area (Å²) in [7, 11) is 0. The Balaban J connectivity index is 0.000000624. The summed E-state index contributed by atoms with van der Waals surface area (Å²) in [5.41, 5.74) is 12.4. The Hall–Kier alpha value is -2.74. The third-order valence-corrected chi connectivity index (χ3v) is 7.79. The number of rotatable bonds is 9. The van der Waals surface area contributed by atoms with Gasteiger partial charge in [0.1, 0.15) is 0 Å². The van der Waals surface area contributed by atoms with Crippen LogP contribution in [-0.2, 0) is 22.5 Å². The van der Waals surface area contributed by atoms with E-state index in [0.29, 0.717) is 23.7 Å². The Bertz CT molecular complexity index is 1310. The summed E-state index contributed by atoms with van der Waals surface area (Å²) in [5.74, 6) is 1.75. The van der Waals surface area contributed by atoms with E-state index in [4.69, 9.17) is 10.3 Å². The predicted molar refractivity (Wildman–Crippen MR) is 193 cm³/mol. The average Bonchev–Trinajstić information content (AvgIpc) is 2.92. The van der Waals surface area contributed by atoms with Crippen LogP contribution in [0.5, 0.6) is 0 Å². The molecular formula is C41H58MnN2. The Morgan fingerprint density at radius 3 is 1.45 bits per heavy atom. The van der Waals surface area contributed by atoms with Gasteiger partial charge in [-0.3, -0.25) is 4.99 Å². The van der Waals surface area contributed by atoms with E-state index >= 15 is 0 Å². The van der Waals surface area contributed by atoms with E-state index in [1.54, 1.807) is 0 Å². The zero-order chi connectivity index (χ0) is 32.5. The third-order valence-electron chi connectivity index (χ3n) is 7.79. The van der Waals surface area contributed by atoms with Gasteiger partial charge in [0.25, 0.3) is 0 Å². The van der Waals surface area contributed by atoms with E-state index in [-0.39, 0.29) is 22.5 Å². The van der Waals surface area contributed by atoms with Crippen LogP contribution < -0.4 is 0 Å². The van der Waals surface area contributed by atoms with Crippen molar-refractivity contribution in [1.29, 1.82) is 0 Å². The molecule has 239 valence electrons. The Morgan fingerprint density at radius 2 is 1.09 bits per heavy atom. The molecule has 0 aliphatic rings. The largest absolute Gasteiger partial charge is 2.00 e. The van der Waals surface area contributed by atoms with Crippen LogP contribution in [0, 0.1) is 6.42 Å². The molecule has 0 saturated carbocycles. The van der Waals surface area contributed by atoms with Gasteiger partial charge in [-0.25, -0.2) is 0 Å². The fraction of sp³-hybridized carbons (Fsp3) is 0.463. The first-order valence-electron chi connectivity index (χ1n) is 16.2. The minimum Gasteiger partial charge on any atom is -0.661 e. The molecule has 0 aliphatic heterocycles. The molecule has 0 atom stereocenters. The number of hydrogen-bond acceptors (Lipinski definition) is 1. The molecule has 0 unspecified atom stereocenters. The first kappa shape index (κ1) is 39.3. The van der Waals surface area contributed by atoms with Gasteiger partial charge in [-0.1, -0.05) is 149 Å². The Labute approximate surface area is 281 Å². The van der Waals surface area contributed by atoms with Crippen molar-refractivity contribution >= 4 is 17.1 Å². The predicted octanol–water partition coefficient (Wildman–Crippen LogP) is 13.4. The first-order chi connectivity index (χ1) is 20.1. The Kier molecular flexibility index (Phi) is 15.8. The van der Waals surface area contributed by atoms with Gasteiger partial charge < -0.3 is 5.32 Å². The average molecular weight is 634 g/mol. The van der Waals surface area contributed by atoms with Crippen molar-refractivity contribution in [3.8, 4) is 0 Å². The number of hydrogen-bond donors (Lipinski definition) is 0. The quantitative estimate of drug-likeness (QED) is 0.127. The molecule has 3 heteroatoms. The van der Waals surface area contributed by atoms with Crippen molar-refractivity contribution in [2.45, 2.75) is 126 Å². The molecule has 0 saturated heterocycles. The summed E-state index contributed by atoms with van der Waals surface area (Å²) in [6.07, 6.45) is 4.23. The second kappa shape index (κ2) is 17.7. The summed E-state index contributed by atoms with van der Waals surface area (Å²) in [4.78, 5) is 5.08. The maximum Gasteiger partial charge on any atom is 2.00 e. The van der Waals surface area contributed by atoms with Gasteiger partial charge in [0.05, 0.1) is 5.69 Å². The van der Waals surface area contributed by atoms with Crippen LogP contribution in [0.4, 0.5) is 11.4 Å². The summed E-state index contributed by atoms with van der Waals surface area (Å²) < 4.78 is 0. The molecule has 44 heavy (non-hydrogen) atoms. The molecule has 0 N–H and O–H groups in total. The van der Waals surface area contributed by atoms with Crippen molar-refractivity contribution in [2.24, 2.45) is 4.99 Å². The minimum atomic E-state index is 0. The molecule has 0 spiro atoms. The smallest absolute Gasteiger partial charge is 0.661 e. The van der Waals surface area contributed by atoms with Crippen LogP contribution >= 0.6 is 0 Å². The fourth-order valence-electron chi connectivity index (χ4n) is 5.18. The Morgan fingerprint density at radius 1 is 0.682 bits per heavy atom. The van der Waals surface area contributed by atoms with Crippen molar-refractivity contribution in [1.82, 2.24) is 0 Å². The number of para-hydroxylation sites is 2. The number of nitrogens with zero attached hydrogens (tertiary/aromatic N) is 2. The minimum absolute atomic E-state index is 0. The van der Waals surface area contributed by atoms with Gasteiger partial charge in [0, 0.05) is 5.71 Å². The van der Waals surface area contributed by atoms with Crippen LogP contribution in [0.3, 0.4) is 0 Å². The monoisotopic (exact) mass is 633 g/mol. The van der Waals surface area contributed by atoms with E-state index < -0.39 is 0 Å². The second-order valence-electron chi connectivity index (χ2n) is 14.0. The fourth-order valence-corrected chi connectivity index (χ4v) is 5.18. The van der Waals surface area contributed by atoms with E-state index in [2.05, 4.69) is 170 Å². The summed E-state index contributed by atoms with van der Waals surface area (Å²) in [6.45, 7) is 30.8. The molecule has 3 aromatic rings. The molecule has 2 nitrogen and oxygen atoms in total. The topological polar surface area (TPSA) is 26.5 Å². The van der Waals surface area contributed by atoms with E-state index in [1.807, 2.05) is 0 Å². The third kappa shape index (κ3) is 11.3. The first-order valence-corrected chi connectivity index (χ1v) is 16.2. The van der Waals surface area contributed by atoms with E-state index in [1.165, 1.54) is 33.4 Å². The van der Waals surface area contributed by atoms with Gasteiger partial charge in [-0.15, -0.1) is 17.8 Å². The normalized spacial score (nSPS) is 12.3. The zero-order valence-electron chi connectivity index (χ0n) is 30.0. The van der Waals surface area contributed by atoms with Crippen LogP contribution in [-0.4, -0.2) is 5.71 Å². The maximum absolute atomic E-state index is 5.08. The molecule has 0 aromatic heterocycles. The summed E-state index contributed by atoms with van der Waals surface area (Å²) >= 11 is 0. The number of benzene rings is 3. The zero-order valence-corrected chi connectivity index (χ0v) is 31.2. The summed E-state index contributed by atoms with van der Waals surface area (Å²) in [5, 5.41) is 5.08. The molecule has 0 aliphatic carbocycles. The maximum atomic E-state index is 5.08. The van der Waals surface area contributed by atoms with E-state index in [9.17, 15) is 0 Å². The molecule has 0 amide bonds. The molecule has 3 rings (SSSR count). The van der Waals surface area contributed by atoms with Gasteiger partial charge in [-0.2, -0.15) is 29.8 Å². The van der Waals surface area contributed by atoms with Crippen LogP contribution in [0.2, 0.25) is 0 Å². The van der Waals surface area contributed by atoms with Crippen molar-refractivity contribution in [2.75, 3.05) is 0 Å². The van der Waals surface area contributed by atoms with Crippen LogP contribution in [0.1, 0.15) is 154 Å². The van der Waals surface area contributed by atoms with Gasteiger partial charge >= 0.3 is 17.1 Å². The van der Waals surface area contributed by atoms with Gasteiger partial charge in [-0.05, 0) is 47.1 Å². The SMILES string of the molecule is CC(/C=C(/C)[N-]c1c(C(C)C)cccc1C(C)C)=Nc1c(C(C)C)cccc1C(C)C.C[CH-]c1ccc(C(C)(C)C)cc1.[Mn+2]. The van der Waals surface area contributed by atoms with Crippen LogP contribution in [0.25, 0.3) is 5.32 Å². The number of aliphatic imine (C=N–C) groups is 1. The van der Waals surface area contributed by atoms with Crippen LogP contribution in [0.15, 0.2) is 77.4 Å². The standard InChI is InChI=1S/C29H41N2.C12H17.Mn/c1-18(2)24-13-11-14-25(19(3)4)28(24)30-22(9)17-23(10)31-29-26(20(5)6)15-12-16-27(29)21(7)8;1-5-10-6-8-11(9-7-10)12(2,3)4;/h11-21H,1-10H3;5-9H,1-4H3;/q2*-1;+2/b22-17-,31-23?;;. The van der Waals surface area contributed by atoms with Gasteiger partial charge in [0.15, 0.2) is 0 Å². The van der Waals surface area contributed by atoms with Crippen molar-refractivity contribution in [3.63, 3.8) is 0 Å². The van der Waals surface area contributed by atoms with Crippen molar-refractivity contribution < 1.29 is 17.1 Å². The van der Waals surface area contributed by atoms with Gasteiger partial charge in [0.2, 0.25) is 0 Å².